The molecule has 0 aliphatic carbocycles. The Morgan fingerprint density at radius 1 is 0.679 bits per heavy atom. The van der Waals surface area contributed by atoms with Crippen LogP contribution in [0, 0.1) is 0 Å². The van der Waals surface area contributed by atoms with Gasteiger partial charge in [0.2, 0.25) is 0 Å². The molecule has 3 heteroatoms. The lowest BCUT2D eigenvalue weighted by atomic mass is 10.1. The Morgan fingerprint density at radius 2 is 1.29 bits per heavy atom. The van der Waals surface area contributed by atoms with Crippen LogP contribution in [0.15, 0.2) is 78.9 Å². The number of hydrogen-bond donors (Lipinski definition) is 2. The van der Waals surface area contributed by atoms with Crippen molar-refractivity contribution in [2.45, 2.75) is 19.4 Å². The van der Waals surface area contributed by atoms with Gasteiger partial charge < -0.3 is 11.5 Å². The van der Waals surface area contributed by atoms with Crippen LogP contribution < -0.4 is 11.5 Å². The average Bonchev–Trinajstić information content (AvgIpc) is 3.24. The zero-order valence-corrected chi connectivity index (χ0v) is 16.3. The number of benzene rings is 3. The second-order valence-corrected chi connectivity index (χ2v) is 7.10. The van der Waals surface area contributed by atoms with E-state index in [9.17, 15) is 0 Å². The van der Waals surface area contributed by atoms with Crippen molar-refractivity contribution in [3.05, 3.63) is 95.6 Å². The van der Waals surface area contributed by atoms with Crippen LogP contribution in [0.4, 0.5) is 11.4 Å². The Balaban J connectivity index is 0.000000167. The zero-order chi connectivity index (χ0) is 19.6. The standard InChI is InChI=1S/C14H14N2.C11H15N/c15-13-9-8-12(10-14(13)16)7-6-11-4-2-1-3-5-11;1-2-6-11(7-3-1)10-12-8-4-5-9-12/h1-10H,15-16H2;1-3,6-7H,4-5,8-10H2. The summed E-state index contributed by atoms with van der Waals surface area (Å²) in [6.45, 7) is 3.71. The van der Waals surface area contributed by atoms with Gasteiger partial charge in [-0.1, -0.05) is 78.9 Å². The van der Waals surface area contributed by atoms with Gasteiger partial charge >= 0.3 is 0 Å². The van der Waals surface area contributed by atoms with E-state index >= 15 is 0 Å². The van der Waals surface area contributed by atoms with E-state index in [-0.39, 0.29) is 0 Å². The third-order valence-electron chi connectivity index (χ3n) is 4.83. The maximum Gasteiger partial charge on any atom is 0.0553 e. The highest BCUT2D eigenvalue weighted by molar-refractivity contribution is 5.74. The van der Waals surface area contributed by atoms with Gasteiger partial charge in [-0.15, -0.1) is 0 Å². The van der Waals surface area contributed by atoms with Crippen molar-refractivity contribution in [3.63, 3.8) is 0 Å². The summed E-state index contributed by atoms with van der Waals surface area (Å²) in [6, 6.07) is 26.5. The van der Waals surface area contributed by atoms with Gasteiger partial charge in [0.15, 0.2) is 0 Å². The Morgan fingerprint density at radius 3 is 1.93 bits per heavy atom. The summed E-state index contributed by atoms with van der Waals surface area (Å²) >= 11 is 0. The van der Waals surface area contributed by atoms with Gasteiger partial charge in [-0.05, 0) is 54.8 Å². The third kappa shape index (κ3) is 6.29. The van der Waals surface area contributed by atoms with E-state index in [1.807, 2.05) is 48.6 Å². The van der Waals surface area contributed by atoms with E-state index in [2.05, 4.69) is 47.4 Å². The van der Waals surface area contributed by atoms with Gasteiger partial charge in [-0.2, -0.15) is 0 Å². The molecule has 4 N–H and O–H groups in total. The molecule has 4 rings (SSSR count). The Bertz CT molecular complexity index is 867. The minimum atomic E-state index is 0.621. The van der Waals surface area contributed by atoms with Crippen LogP contribution in [0.5, 0.6) is 0 Å². The normalized spacial score (nSPS) is 14.0. The van der Waals surface area contributed by atoms with Gasteiger partial charge in [0.25, 0.3) is 0 Å². The van der Waals surface area contributed by atoms with Crippen LogP contribution >= 0.6 is 0 Å². The number of nitrogens with zero attached hydrogens (tertiary/aromatic N) is 1. The zero-order valence-electron chi connectivity index (χ0n) is 16.3. The van der Waals surface area contributed by atoms with Gasteiger partial charge in [0, 0.05) is 6.54 Å². The van der Waals surface area contributed by atoms with E-state index in [4.69, 9.17) is 11.5 Å². The summed E-state index contributed by atoms with van der Waals surface area (Å²) in [5.74, 6) is 0. The summed E-state index contributed by atoms with van der Waals surface area (Å²) in [4.78, 5) is 2.52. The van der Waals surface area contributed by atoms with Crippen LogP contribution in [-0.2, 0) is 6.54 Å². The van der Waals surface area contributed by atoms with Gasteiger partial charge in [-0.3, -0.25) is 4.90 Å². The summed E-state index contributed by atoms with van der Waals surface area (Å²) in [5.41, 5.74) is 16.3. The largest absolute Gasteiger partial charge is 0.397 e. The number of nitrogens with two attached hydrogens (primary N) is 2. The summed E-state index contributed by atoms with van der Waals surface area (Å²) < 4.78 is 0. The van der Waals surface area contributed by atoms with Crippen molar-refractivity contribution in [2.24, 2.45) is 0 Å². The predicted molar refractivity (Wildman–Crippen MR) is 122 cm³/mol. The fourth-order valence-corrected chi connectivity index (χ4v) is 3.24. The minimum absolute atomic E-state index is 0.621. The molecule has 0 saturated carbocycles. The first kappa shape index (κ1) is 19.7. The van der Waals surface area contributed by atoms with Gasteiger partial charge in [-0.25, -0.2) is 0 Å². The lowest BCUT2D eigenvalue weighted by molar-refractivity contribution is 0.331. The van der Waals surface area contributed by atoms with E-state index in [0.29, 0.717) is 11.4 Å². The van der Waals surface area contributed by atoms with Crippen molar-refractivity contribution in [1.82, 2.24) is 4.90 Å². The van der Waals surface area contributed by atoms with Gasteiger partial charge in [0.1, 0.15) is 0 Å². The highest BCUT2D eigenvalue weighted by atomic mass is 15.1. The van der Waals surface area contributed by atoms with Crippen molar-refractivity contribution >= 4 is 23.5 Å². The topological polar surface area (TPSA) is 55.3 Å². The molecule has 3 aromatic carbocycles. The molecule has 144 valence electrons. The molecule has 1 heterocycles. The van der Waals surface area contributed by atoms with E-state index in [1.165, 1.54) is 31.5 Å². The van der Waals surface area contributed by atoms with Gasteiger partial charge in [0.05, 0.1) is 11.4 Å². The molecule has 1 aliphatic rings. The molecule has 0 amide bonds. The number of rotatable bonds is 4. The first-order valence-corrected chi connectivity index (χ1v) is 9.85. The number of anilines is 2. The van der Waals surface area contributed by atoms with Crippen LogP contribution in [0.25, 0.3) is 12.2 Å². The van der Waals surface area contributed by atoms with Crippen molar-refractivity contribution in [2.75, 3.05) is 24.6 Å². The number of hydrogen-bond acceptors (Lipinski definition) is 3. The van der Waals surface area contributed by atoms with Crippen LogP contribution in [-0.4, -0.2) is 18.0 Å². The number of likely N-dealkylation sites (tertiary alicyclic amines) is 1. The SMILES string of the molecule is Nc1ccc(C=Cc2ccccc2)cc1N.c1ccc(CN2CCCC2)cc1. The lowest BCUT2D eigenvalue weighted by Gasteiger charge is -2.13. The summed E-state index contributed by atoms with van der Waals surface area (Å²) in [5, 5.41) is 0. The third-order valence-corrected chi connectivity index (χ3v) is 4.83. The van der Waals surface area contributed by atoms with Crippen LogP contribution in [0.3, 0.4) is 0 Å². The monoisotopic (exact) mass is 371 g/mol. The first-order chi connectivity index (χ1) is 13.7. The molecule has 0 atom stereocenters. The average molecular weight is 372 g/mol. The first-order valence-electron chi connectivity index (χ1n) is 9.85. The fourth-order valence-electron chi connectivity index (χ4n) is 3.24. The quantitative estimate of drug-likeness (QED) is 0.483. The van der Waals surface area contributed by atoms with E-state index in [0.717, 1.165) is 17.7 Å². The lowest BCUT2D eigenvalue weighted by Crippen LogP contribution is -2.18. The summed E-state index contributed by atoms with van der Waals surface area (Å²) in [6.07, 6.45) is 6.83. The second kappa shape index (κ2) is 10.3. The molecular formula is C25H29N3. The maximum absolute atomic E-state index is 5.73. The molecule has 0 radical (unpaired) electrons. The molecule has 3 aromatic rings. The molecule has 0 unspecified atom stereocenters. The fraction of sp³-hybridized carbons (Fsp3) is 0.200. The summed E-state index contributed by atoms with van der Waals surface area (Å²) in [7, 11) is 0. The Labute approximate surface area is 168 Å². The highest BCUT2D eigenvalue weighted by Crippen LogP contribution is 2.17. The smallest absolute Gasteiger partial charge is 0.0553 e. The van der Waals surface area contributed by atoms with Crippen molar-refractivity contribution in [1.29, 1.82) is 0 Å². The maximum atomic E-state index is 5.73. The second-order valence-electron chi connectivity index (χ2n) is 7.10. The van der Waals surface area contributed by atoms with Crippen molar-refractivity contribution < 1.29 is 0 Å². The highest BCUT2D eigenvalue weighted by Gasteiger charge is 2.10. The molecule has 0 aromatic heterocycles. The Hall–Kier alpha value is -3.04. The van der Waals surface area contributed by atoms with Crippen LogP contribution in [0.1, 0.15) is 29.5 Å². The minimum Gasteiger partial charge on any atom is -0.397 e. The molecule has 1 saturated heterocycles. The Kier molecular flexibility index (Phi) is 7.28. The molecule has 1 fully saturated rings. The van der Waals surface area contributed by atoms with E-state index in [1.54, 1.807) is 0 Å². The molecule has 0 bridgehead atoms. The molecule has 28 heavy (non-hydrogen) atoms. The van der Waals surface area contributed by atoms with Crippen LogP contribution in [0.2, 0.25) is 0 Å². The predicted octanol–water partition coefficient (Wildman–Crippen LogP) is 5.30. The van der Waals surface area contributed by atoms with Crippen molar-refractivity contribution in [3.8, 4) is 0 Å². The number of nitrogen functional groups attached to an aromatic ring is 2. The van der Waals surface area contributed by atoms with E-state index < -0.39 is 0 Å². The molecular weight excluding hydrogens is 342 g/mol. The molecule has 3 nitrogen and oxygen atoms in total. The molecule has 0 spiro atoms. The molecule has 1 aliphatic heterocycles.